The summed E-state index contributed by atoms with van der Waals surface area (Å²) >= 11 is 1.62. The summed E-state index contributed by atoms with van der Waals surface area (Å²) in [5.74, 6) is 0.531. The molecule has 0 bridgehead atoms. The molecular formula is C15H22N4O2S. The highest BCUT2D eigenvalue weighted by Crippen LogP contribution is 2.25. The number of fused-ring (bicyclic) bond motifs is 1. The molecule has 3 amide bonds. The molecule has 0 aliphatic carbocycles. The Bertz CT molecular complexity index is 550. The Kier molecular flexibility index (Phi) is 5.94. The van der Waals surface area contributed by atoms with Gasteiger partial charge in [-0.2, -0.15) is 11.8 Å². The lowest BCUT2D eigenvalue weighted by molar-refractivity contribution is -0.117. The summed E-state index contributed by atoms with van der Waals surface area (Å²) in [4.78, 5) is 23.4. The Balaban J connectivity index is 2.03. The van der Waals surface area contributed by atoms with Crippen LogP contribution >= 0.6 is 11.8 Å². The van der Waals surface area contributed by atoms with Crippen LogP contribution < -0.4 is 21.7 Å². The molecule has 0 spiro atoms. The van der Waals surface area contributed by atoms with Crippen molar-refractivity contribution in [2.24, 2.45) is 5.73 Å². The fourth-order valence-corrected chi connectivity index (χ4v) is 2.93. The van der Waals surface area contributed by atoms with E-state index in [-0.39, 0.29) is 5.91 Å². The summed E-state index contributed by atoms with van der Waals surface area (Å²) in [5.41, 5.74) is 8.21. The van der Waals surface area contributed by atoms with Crippen molar-refractivity contribution in [2.75, 3.05) is 29.2 Å². The fraction of sp³-hybridized carbons (Fsp3) is 0.467. The van der Waals surface area contributed by atoms with E-state index in [0.29, 0.717) is 6.42 Å². The third-order valence-corrected chi connectivity index (χ3v) is 4.20. The lowest BCUT2D eigenvalue weighted by Crippen LogP contribution is -2.46. The third kappa shape index (κ3) is 4.56. The maximum Gasteiger partial charge on any atom is 0.312 e. The molecule has 0 aromatic heterocycles. The van der Waals surface area contributed by atoms with E-state index in [4.69, 9.17) is 5.73 Å². The van der Waals surface area contributed by atoms with E-state index in [1.54, 1.807) is 11.8 Å². The monoisotopic (exact) mass is 322 g/mol. The molecule has 5 N–H and O–H groups in total. The third-order valence-electron chi connectivity index (χ3n) is 3.55. The second kappa shape index (κ2) is 7.93. The molecule has 1 heterocycles. The molecule has 120 valence electrons. The van der Waals surface area contributed by atoms with Crippen LogP contribution in [0, 0.1) is 0 Å². The number of carbonyl (C=O) groups is 2. The molecule has 0 saturated heterocycles. The molecule has 1 atom stereocenters. The Morgan fingerprint density at radius 1 is 1.45 bits per heavy atom. The van der Waals surface area contributed by atoms with Gasteiger partial charge in [-0.05, 0) is 55.0 Å². The van der Waals surface area contributed by atoms with Crippen molar-refractivity contribution in [3.05, 3.63) is 23.8 Å². The summed E-state index contributed by atoms with van der Waals surface area (Å²) in [5, 5.41) is 8.69. The highest BCUT2D eigenvalue weighted by atomic mass is 32.2. The molecule has 0 fully saturated rings. The van der Waals surface area contributed by atoms with Gasteiger partial charge in [0.25, 0.3) is 0 Å². The van der Waals surface area contributed by atoms with Crippen LogP contribution in [-0.4, -0.2) is 36.5 Å². The molecule has 1 unspecified atom stereocenters. The summed E-state index contributed by atoms with van der Waals surface area (Å²) in [6, 6.07) is 4.53. The zero-order chi connectivity index (χ0) is 15.9. The van der Waals surface area contributed by atoms with Gasteiger partial charge in [-0.1, -0.05) is 0 Å². The van der Waals surface area contributed by atoms with Gasteiger partial charge in [-0.15, -0.1) is 0 Å². The Labute approximate surface area is 134 Å². The van der Waals surface area contributed by atoms with Crippen LogP contribution in [0.3, 0.4) is 0 Å². The zero-order valence-corrected chi connectivity index (χ0v) is 13.5. The van der Waals surface area contributed by atoms with Gasteiger partial charge in [0, 0.05) is 17.9 Å². The number of primary amides is 1. The number of nitrogens with two attached hydrogens (primary N) is 1. The molecule has 0 saturated carbocycles. The number of urea groups is 1. The SMILES string of the molecule is CSCCC(NC(N)=O)C(=O)Nc1ccc2c(c1)CCCN2. The van der Waals surface area contributed by atoms with Gasteiger partial charge in [0.2, 0.25) is 5.91 Å². The number of aryl methyl sites for hydroxylation is 1. The summed E-state index contributed by atoms with van der Waals surface area (Å²) in [6.45, 7) is 0.984. The molecule has 1 aromatic rings. The topological polar surface area (TPSA) is 96.2 Å². The first-order valence-corrected chi connectivity index (χ1v) is 8.72. The standard InChI is InChI=1S/C15H22N4O2S/c1-22-8-6-13(19-15(16)21)14(20)18-11-4-5-12-10(9-11)3-2-7-17-12/h4-5,9,13,17H,2-3,6-8H2,1H3,(H,18,20)(H3,16,19,21). The minimum absolute atomic E-state index is 0.239. The zero-order valence-electron chi connectivity index (χ0n) is 12.6. The van der Waals surface area contributed by atoms with E-state index in [1.165, 1.54) is 5.56 Å². The number of benzene rings is 1. The number of thioether (sulfide) groups is 1. The van der Waals surface area contributed by atoms with Crippen molar-refractivity contribution in [3.63, 3.8) is 0 Å². The highest BCUT2D eigenvalue weighted by molar-refractivity contribution is 7.98. The van der Waals surface area contributed by atoms with Crippen LogP contribution in [0.2, 0.25) is 0 Å². The molecule has 22 heavy (non-hydrogen) atoms. The Morgan fingerprint density at radius 3 is 3.00 bits per heavy atom. The smallest absolute Gasteiger partial charge is 0.312 e. The summed E-state index contributed by atoms with van der Waals surface area (Å²) < 4.78 is 0. The number of anilines is 2. The predicted octanol–water partition coefficient (Wildman–Crippen LogP) is 1.77. The highest BCUT2D eigenvalue weighted by Gasteiger charge is 2.20. The van der Waals surface area contributed by atoms with E-state index >= 15 is 0 Å². The quantitative estimate of drug-likeness (QED) is 0.642. The molecule has 1 aliphatic heterocycles. The average Bonchev–Trinajstić information content (AvgIpc) is 2.51. The van der Waals surface area contributed by atoms with Gasteiger partial charge in [0.15, 0.2) is 0 Å². The maximum absolute atomic E-state index is 12.3. The molecule has 6 nitrogen and oxygen atoms in total. The molecule has 0 radical (unpaired) electrons. The van der Waals surface area contributed by atoms with Crippen LogP contribution in [0.1, 0.15) is 18.4 Å². The van der Waals surface area contributed by atoms with Gasteiger partial charge in [0.1, 0.15) is 6.04 Å². The van der Waals surface area contributed by atoms with Gasteiger partial charge in [-0.25, -0.2) is 4.79 Å². The second-order valence-electron chi connectivity index (χ2n) is 5.23. The van der Waals surface area contributed by atoms with Crippen LogP contribution in [0.15, 0.2) is 18.2 Å². The normalized spacial score (nSPS) is 14.4. The molecule has 7 heteroatoms. The van der Waals surface area contributed by atoms with Crippen molar-refractivity contribution in [1.29, 1.82) is 0 Å². The van der Waals surface area contributed by atoms with Gasteiger partial charge in [-0.3, -0.25) is 4.79 Å². The Hall–Kier alpha value is -1.89. The number of amides is 3. The maximum atomic E-state index is 12.3. The van der Waals surface area contributed by atoms with E-state index in [2.05, 4.69) is 16.0 Å². The predicted molar refractivity (Wildman–Crippen MR) is 91.4 cm³/mol. The first kappa shape index (κ1) is 16.5. The molecular weight excluding hydrogens is 300 g/mol. The lowest BCUT2D eigenvalue weighted by Gasteiger charge is -2.20. The molecule has 2 rings (SSSR count). The van der Waals surface area contributed by atoms with Gasteiger partial charge in [0.05, 0.1) is 0 Å². The fourth-order valence-electron chi connectivity index (χ4n) is 2.46. The number of nitrogens with one attached hydrogen (secondary N) is 3. The van der Waals surface area contributed by atoms with Gasteiger partial charge < -0.3 is 21.7 Å². The largest absolute Gasteiger partial charge is 0.385 e. The molecule has 1 aromatic carbocycles. The lowest BCUT2D eigenvalue weighted by atomic mass is 10.0. The van der Waals surface area contributed by atoms with Crippen LogP contribution in [0.25, 0.3) is 0 Å². The minimum Gasteiger partial charge on any atom is -0.385 e. The van der Waals surface area contributed by atoms with Crippen molar-refractivity contribution in [2.45, 2.75) is 25.3 Å². The first-order valence-electron chi connectivity index (χ1n) is 7.32. The molecule has 1 aliphatic rings. The minimum atomic E-state index is -0.684. The van der Waals surface area contributed by atoms with Crippen LogP contribution in [-0.2, 0) is 11.2 Å². The average molecular weight is 322 g/mol. The number of rotatable bonds is 6. The number of carbonyl (C=O) groups excluding carboxylic acids is 2. The number of hydrogen-bond donors (Lipinski definition) is 4. The van der Waals surface area contributed by atoms with E-state index < -0.39 is 12.1 Å². The first-order chi connectivity index (χ1) is 10.6. The summed E-state index contributed by atoms with van der Waals surface area (Å²) in [6.07, 6.45) is 4.59. The van der Waals surface area contributed by atoms with E-state index in [9.17, 15) is 9.59 Å². The van der Waals surface area contributed by atoms with Crippen molar-refractivity contribution in [1.82, 2.24) is 5.32 Å². The van der Waals surface area contributed by atoms with Crippen molar-refractivity contribution < 1.29 is 9.59 Å². The second-order valence-corrected chi connectivity index (χ2v) is 6.22. The van der Waals surface area contributed by atoms with Crippen molar-refractivity contribution in [3.8, 4) is 0 Å². The number of hydrogen-bond acceptors (Lipinski definition) is 4. The Morgan fingerprint density at radius 2 is 2.27 bits per heavy atom. The van der Waals surface area contributed by atoms with Crippen LogP contribution in [0.5, 0.6) is 0 Å². The van der Waals surface area contributed by atoms with Crippen molar-refractivity contribution >= 4 is 35.1 Å². The van der Waals surface area contributed by atoms with E-state index in [1.807, 2.05) is 24.5 Å². The van der Waals surface area contributed by atoms with Gasteiger partial charge >= 0.3 is 6.03 Å². The van der Waals surface area contributed by atoms with E-state index in [0.717, 1.165) is 36.5 Å². The summed E-state index contributed by atoms with van der Waals surface area (Å²) in [7, 11) is 0. The van der Waals surface area contributed by atoms with Crippen LogP contribution in [0.4, 0.5) is 16.2 Å².